The molecule has 0 aromatic carbocycles. The number of rotatable bonds is 2. The highest BCUT2D eigenvalue weighted by Crippen LogP contribution is 2.38. The van der Waals surface area contributed by atoms with E-state index in [9.17, 15) is 0 Å². The van der Waals surface area contributed by atoms with Crippen molar-refractivity contribution in [1.29, 1.82) is 0 Å². The number of H-pyrrole nitrogens is 1. The van der Waals surface area contributed by atoms with Gasteiger partial charge in [-0.15, -0.1) is 0 Å². The van der Waals surface area contributed by atoms with Crippen molar-refractivity contribution >= 4 is 16.9 Å². The van der Waals surface area contributed by atoms with E-state index in [2.05, 4.69) is 20.2 Å². The normalized spacial score (nSPS) is 16.2. The van der Waals surface area contributed by atoms with Gasteiger partial charge in [-0.05, 0) is 12.8 Å². The maximum Gasteiger partial charge on any atom is 0.188 e. The number of nitrogens with zero attached hydrogens (tertiary/aromatic N) is 5. The lowest BCUT2D eigenvalue weighted by molar-refractivity contribution is 0.679. The minimum Gasteiger partial charge on any atom is -0.383 e. The zero-order valence-corrected chi connectivity index (χ0v) is 11.0. The van der Waals surface area contributed by atoms with E-state index in [1.807, 2.05) is 6.07 Å². The second-order valence-electron chi connectivity index (χ2n) is 5.18. The smallest absolute Gasteiger partial charge is 0.188 e. The second kappa shape index (κ2) is 4.29. The Labute approximate surface area is 115 Å². The van der Waals surface area contributed by atoms with Crippen molar-refractivity contribution < 1.29 is 0 Å². The van der Waals surface area contributed by atoms with Gasteiger partial charge in [0, 0.05) is 18.2 Å². The van der Waals surface area contributed by atoms with Crippen LogP contribution in [0.5, 0.6) is 0 Å². The minimum absolute atomic E-state index is 0.473. The van der Waals surface area contributed by atoms with Crippen LogP contribution < -0.4 is 5.73 Å². The predicted molar refractivity (Wildman–Crippen MR) is 74.4 cm³/mol. The first-order valence-corrected chi connectivity index (χ1v) is 6.83. The van der Waals surface area contributed by atoms with Crippen LogP contribution in [0.15, 0.2) is 18.6 Å². The fourth-order valence-corrected chi connectivity index (χ4v) is 3.01. The van der Waals surface area contributed by atoms with E-state index in [0.29, 0.717) is 17.6 Å². The van der Waals surface area contributed by atoms with Gasteiger partial charge in [-0.3, -0.25) is 5.10 Å². The maximum atomic E-state index is 6.03. The second-order valence-corrected chi connectivity index (χ2v) is 5.18. The van der Waals surface area contributed by atoms with Gasteiger partial charge in [-0.25, -0.2) is 9.97 Å². The average Bonchev–Trinajstić information content (AvgIpc) is 3.18. The highest BCUT2D eigenvalue weighted by atomic mass is 15.4. The van der Waals surface area contributed by atoms with Crippen molar-refractivity contribution in [3.8, 4) is 5.82 Å². The van der Waals surface area contributed by atoms with Gasteiger partial charge in [0.25, 0.3) is 0 Å². The number of aromatic nitrogens is 6. The van der Waals surface area contributed by atoms with Crippen LogP contribution in [-0.2, 0) is 0 Å². The molecule has 0 atom stereocenters. The molecule has 1 saturated carbocycles. The number of fused-ring (bicyclic) bond motifs is 1. The molecule has 3 aromatic rings. The van der Waals surface area contributed by atoms with Crippen LogP contribution in [0.4, 0.5) is 5.82 Å². The average molecular weight is 269 g/mol. The van der Waals surface area contributed by atoms with E-state index in [1.54, 1.807) is 10.9 Å². The molecule has 1 fully saturated rings. The number of aromatic amines is 1. The van der Waals surface area contributed by atoms with Crippen LogP contribution in [-0.4, -0.2) is 29.9 Å². The molecule has 3 heterocycles. The number of hydrogen-bond acceptors (Lipinski definition) is 5. The Hall–Kier alpha value is -2.44. The summed E-state index contributed by atoms with van der Waals surface area (Å²) in [7, 11) is 0. The van der Waals surface area contributed by atoms with Crippen molar-refractivity contribution in [3.63, 3.8) is 0 Å². The molecular formula is C13H15N7. The largest absolute Gasteiger partial charge is 0.383 e. The van der Waals surface area contributed by atoms with E-state index in [-0.39, 0.29) is 0 Å². The summed E-state index contributed by atoms with van der Waals surface area (Å²) in [5.74, 6) is 1.77. The van der Waals surface area contributed by atoms with Crippen LogP contribution in [0.1, 0.15) is 37.3 Å². The molecule has 0 saturated heterocycles. The van der Waals surface area contributed by atoms with Crippen molar-refractivity contribution in [2.24, 2.45) is 0 Å². The first-order valence-electron chi connectivity index (χ1n) is 6.83. The summed E-state index contributed by atoms with van der Waals surface area (Å²) in [5.41, 5.74) is 7.81. The van der Waals surface area contributed by atoms with Gasteiger partial charge >= 0.3 is 0 Å². The third kappa shape index (κ3) is 1.59. The van der Waals surface area contributed by atoms with Gasteiger partial charge in [-0.2, -0.15) is 14.9 Å². The number of anilines is 1. The standard InChI is InChI=1S/C13H15N7/c14-12-10-11(8-3-1-2-4-8)19-20(13(10)18-17-12)9-5-6-15-7-16-9/h5-8H,1-4H2,(H3,14,17,18). The number of nitrogens with one attached hydrogen (secondary N) is 1. The molecule has 0 bridgehead atoms. The Balaban J connectivity index is 1.94. The van der Waals surface area contributed by atoms with E-state index in [1.165, 1.54) is 32.0 Å². The first kappa shape index (κ1) is 11.4. The molecule has 0 aliphatic heterocycles. The van der Waals surface area contributed by atoms with Crippen LogP contribution >= 0.6 is 0 Å². The summed E-state index contributed by atoms with van der Waals surface area (Å²) in [4.78, 5) is 8.18. The molecule has 102 valence electrons. The molecular weight excluding hydrogens is 254 g/mol. The van der Waals surface area contributed by atoms with Crippen molar-refractivity contribution in [1.82, 2.24) is 29.9 Å². The Morgan fingerprint density at radius 2 is 2.15 bits per heavy atom. The Bertz CT molecular complexity index is 737. The van der Waals surface area contributed by atoms with E-state index >= 15 is 0 Å². The molecule has 4 rings (SSSR count). The van der Waals surface area contributed by atoms with Crippen molar-refractivity contribution in [2.45, 2.75) is 31.6 Å². The summed E-state index contributed by atoms with van der Waals surface area (Å²) in [5, 5.41) is 12.8. The Morgan fingerprint density at radius 1 is 1.30 bits per heavy atom. The quantitative estimate of drug-likeness (QED) is 0.738. The molecule has 7 heteroatoms. The SMILES string of the molecule is Nc1[nH]nc2c1c(C1CCCC1)nn2-c1ccncn1. The summed E-state index contributed by atoms with van der Waals surface area (Å²) in [6.45, 7) is 0. The lowest BCUT2D eigenvalue weighted by Gasteiger charge is -2.05. The van der Waals surface area contributed by atoms with E-state index in [4.69, 9.17) is 10.8 Å². The zero-order valence-electron chi connectivity index (χ0n) is 11.0. The Kier molecular flexibility index (Phi) is 2.45. The highest BCUT2D eigenvalue weighted by Gasteiger charge is 2.26. The summed E-state index contributed by atoms with van der Waals surface area (Å²) in [6.07, 6.45) is 8.05. The summed E-state index contributed by atoms with van der Waals surface area (Å²) in [6, 6.07) is 1.82. The van der Waals surface area contributed by atoms with Crippen molar-refractivity contribution in [2.75, 3.05) is 5.73 Å². The molecule has 0 amide bonds. The maximum absolute atomic E-state index is 6.03. The minimum atomic E-state index is 0.473. The van der Waals surface area contributed by atoms with Crippen LogP contribution in [0, 0.1) is 0 Å². The molecule has 20 heavy (non-hydrogen) atoms. The lowest BCUT2D eigenvalue weighted by Crippen LogP contribution is -2.03. The lowest BCUT2D eigenvalue weighted by atomic mass is 10.0. The molecule has 3 N–H and O–H groups in total. The number of nitrogens with two attached hydrogens (primary N) is 1. The van der Waals surface area contributed by atoms with Crippen LogP contribution in [0.25, 0.3) is 16.9 Å². The summed E-state index contributed by atoms with van der Waals surface area (Å²) >= 11 is 0. The van der Waals surface area contributed by atoms with Gasteiger partial charge < -0.3 is 5.73 Å². The van der Waals surface area contributed by atoms with Gasteiger partial charge in [0.05, 0.1) is 11.1 Å². The van der Waals surface area contributed by atoms with Crippen LogP contribution in [0.3, 0.4) is 0 Å². The molecule has 0 spiro atoms. The van der Waals surface area contributed by atoms with Gasteiger partial charge in [0.1, 0.15) is 12.1 Å². The third-order valence-corrected chi connectivity index (χ3v) is 3.96. The fourth-order valence-electron chi connectivity index (χ4n) is 3.01. The third-order valence-electron chi connectivity index (χ3n) is 3.96. The predicted octanol–water partition coefficient (Wildman–Crippen LogP) is 1.78. The molecule has 0 radical (unpaired) electrons. The van der Waals surface area contributed by atoms with Gasteiger partial charge in [-0.1, -0.05) is 12.8 Å². The Morgan fingerprint density at radius 3 is 2.90 bits per heavy atom. The molecule has 1 aliphatic carbocycles. The first-order chi connectivity index (χ1) is 9.84. The van der Waals surface area contributed by atoms with E-state index in [0.717, 1.165) is 16.7 Å². The molecule has 0 unspecified atom stereocenters. The highest BCUT2D eigenvalue weighted by molar-refractivity contribution is 5.90. The fraction of sp³-hybridized carbons (Fsp3) is 0.385. The van der Waals surface area contributed by atoms with Gasteiger partial charge in [0.15, 0.2) is 11.5 Å². The zero-order chi connectivity index (χ0) is 13.5. The topological polar surface area (TPSA) is 98.3 Å². The van der Waals surface area contributed by atoms with Crippen LogP contribution in [0.2, 0.25) is 0 Å². The molecule has 1 aliphatic rings. The number of nitrogen functional groups attached to an aromatic ring is 1. The molecule has 7 nitrogen and oxygen atoms in total. The summed E-state index contributed by atoms with van der Waals surface area (Å²) < 4.78 is 1.75. The number of hydrogen-bond donors (Lipinski definition) is 2. The van der Waals surface area contributed by atoms with Crippen molar-refractivity contribution in [3.05, 3.63) is 24.3 Å². The molecule has 3 aromatic heterocycles. The monoisotopic (exact) mass is 269 g/mol. The van der Waals surface area contributed by atoms with Gasteiger partial charge in [0.2, 0.25) is 0 Å². The van der Waals surface area contributed by atoms with E-state index < -0.39 is 0 Å².